The van der Waals surface area contributed by atoms with E-state index in [9.17, 15) is 0 Å². The first-order chi connectivity index (χ1) is 8.11. The second kappa shape index (κ2) is 4.72. The fourth-order valence-electron chi connectivity index (χ4n) is 1.93. The third kappa shape index (κ3) is 2.39. The summed E-state index contributed by atoms with van der Waals surface area (Å²) in [5.74, 6) is 0. The number of aryl methyl sites for hydroxylation is 3. The van der Waals surface area contributed by atoms with E-state index in [0.717, 1.165) is 12.1 Å². The smallest absolute Gasteiger partial charge is 0.0926 e. The molecule has 0 aliphatic carbocycles. The minimum Gasteiger partial charge on any atom is -0.330 e. The van der Waals surface area contributed by atoms with Gasteiger partial charge in [0.1, 0.15) is 0 Å². The van der Waals surface area contributed by atoms with Crippen molar-refractivity contribution >= 4 is 0 Å². The number of rotatable bonds is 3. The van der Waals surface area contributed by atoms with E-state index in [2.05, 4.69) is 43.2 Å². The van der Waals surface area contributed by atoms with E-state index < -0.39 is 0 Å². The van der Waals surface area contributed by atoms with Gasteiger partial charge in [0.15, 0.2) is 0 Å². The van der Waals surface area contributed by atoms with Gasteiger partial charge in [-0.2, -0.15) is 5.10 Å². The number of nitrogens with zero attached hydrogens (tertiary/aromatic N) is 2. The van der Waals surface area contributed by atoms with Crippen molar-refractivity contribution in [1.82, 2.24) is 9.78 Å². The van der Waals surface area contributed by atoms with Crippen molar-refractivity contribution in [3.63, 3.8) is 0 Å². The van der Waals surface area contributed by atoms with Crippen LogP contribution in [-0.4, -0.2) is 16.3 Å². The molecule has 90 valence electrons. The van der Waals surface area contributed by atoms with Crippen molar-refractivity contribution in [1.29, 1.82) is 0 Å². The summed E-state index contributed by atoms with van der Waals surface area (Å²) in [5, 5.41) is 4.53. The molecule has 0 amide bonds. The Labute approximate surface area is 102 Å². The molecule has 2 rings (SSSR count). The fourth-order valence-corrected chi connectivity index (χ4v) is 1.93. The molecule has 2 aromatic rings. The quantitative estimate of drug-likeness (QED) is 0.877. The number of hydrogen-bond donors (Lipinski definition) is 1. The zero-order chi connectivity index (χ0) is 12.4. The van der Waals surface area contributed by atoms with E-state index in [1.165, 1.54) is 22.4 Å². The lowest BCUT2D eigenvalue weighted by molar-refractivity contribution is 0.708. The van der Waals surface area contributed by atoms with Gasteiger partial charge in [0.25, 0.3) is 0 Å². The molecule has 0 aliphatic heterocycles. The second-order valence-electron chi connectivity index (χ2n) is 4.48. The molecule has 0 saturated carbocycles. The SMILES string of the molecule is Cc1ccc(-c2cc(CCN)n(C)n2)cc1C. The van der Waals surface area contributed by atoms with Crippen molar-refractivity contribution < 1.29 is 0 Å². The lowest BCUT2D eigenvalue weighted by Gasteiger charge is -2.02. The van der Waals surface area contributed by atoms with E-state index in [1.807, 2.05) is 11.7 Å². The molecule has 3 nitrogen and oxygen atoms in total. The van der Waals surface area contributed by atoms with Gasteiger partial charge in [0.05, 0.1) is 5.69 Å². The molecule has 0 radical (unpaired) electrons. The summed E-state index contributed by atoms with van der Waals surface area (Å²) in [6, 6.07) is 8.57. The molecule has 0 spiro atoms. The zero-order valence-corrected chi connectivity index (χ0v) is 10.7. The van der Waals surface area contributed by atoms with Crippen molar-refractivity contribution in [2.75, 3.05) is 6.54 Å². The van der Waals surface area contributed by atoms with Gasteiger partial charge >= 0.3 is 0 Å². The first-order valence-electron chi connectivity index (χ1n) is 5.92. The summed E-state index contributed by atoms with van der Waals surface area (Å²) in [6.45, 7) is 4.91. The minimum absolute atomic E-state index is 0.659. The topological polar surface area (TPSA) is 43.8 Å². The molecule has 1 aromatic carbocycles. The highest BCUT2D eigenvalue weighted by Crippen LogP contribution is 2.21. The largest absolute Gasteiger partial charge is 0.330 e. The molecule has 2 N–H and O–H groups in total. The van der Waals surface area contributed by atoms with Crippen LogP contribution >= 0.6 is 0 Å². The number of nitrogens with two attached hydrogens (primary N) is 1. The van der Waals surface area contributed by atoms with Crippen LogP contribution in [0.3, 0.4) is 0 Å². The Morgan fingerprint density at radius 2 is 1.94 bits per heavy atom. The lowest BCUT2D eigenvalue weighted by Crippen LogP contribution is -2.06. The van der Waals surface area contributed by atoms with E-state index in [-0.39, 0.29) is 0 Å². The molecule has 1 heterocycles. The molecule has 1 aromatic heterocycles. The number of aromatic nitrogens is 2. The molecule has 0 saturated heterocycles. The van der Waals surface area contributed by atoms with Gasteiger partial charge in [-0.15, -0.1) is 0 Å². The van der Waals surface area contributed by atoms with E-state index in [4.69, 9.17) is 5.73 Å². The third-order valence-corrected chi connectivity index (χ3v) is 3.18. The van der Waals surface area contributed by atoms with Crippen LogP contribution in [0.2, 0.25) is 0 Å². The molecule has 0 atom stereocenters. The van der Waals surface area contributed by atoms with Crippen molar-refractivity contribution in [2.24, 2.45) is 12.8 Å². The molecule has 0 aliphatic rings. The maximum absolute atomic E-state index is 5.58. The highest BCUT2D eigenvalue weighted by atomic mass is 15.3. The summed E-state index contributed by atoms with van der Waals surface area (Å²) >= 11 is 0. The highest BCUT2D eigenvalue weighted by molar-refractivity contribution is 5.61. The Hall–Kier alpha value is -1.61. The van der Waals surface area contributed by atoms with E-state index >= 15 is 0 Å². The van der Waals surface area contributed by atoms with Crippen LogP contribution in [0.1, 0.15) is 16.8 Å². The summed E-state index contributed by atoms with van der Waals surface area (Å²) in [6.07, 6.45) is 0.869. The normalized spacial score (nSPS) is 10.8. The molecule has 3 heteroatoms. The summed E-state index contributed by atoms with van der Waals surface area (Å²) < 4.78 is 1.91. The average Bonchev–Trinajstić information content (AvgIpc) is 2.65. The van der Waals surface area contributed by atoms with Crippen molar-refractivity contribution in [3.05, 3.63) is 41.1 Å². The first kappa shape index (κ1) is 11.9. The average molecular weight is 229 g/mol. The van der Waals surface area contributed by atoms with Crippen LogP contribution in [0.15, 0.2) is 24.3 Å². The van der Waals surface area contributed by atoms with Crippen LogP contribution < -0.4 is 5.73 Å². The molecular formula is C14H19N3. The predicted molar refractivity (Wildman–Crippen MR) is 70.9 cm³/mol. The fraction of sp³-hybridized carbons (Fsp3) is 0.357. The van der Waals surface area contributed by atoms with Gasteiger partial charge in [-0.25, -0.2) is 0 Å². The first-order valence-corrected chi connectivity index (χ1v) is 5.92. The monoisotopic (exact) mass is 229 g/mol. The molecule has 0 bridgehead atoms. The maximum Gasteiger partial charge on any atom is 0.0926 e. The van der Waals surface area contributed by atoms with E-state index in [0.29, 0.717) is 6.54 Å². The van der Waals surface area contributed by atoms with Gasteiger partial charge in [-0.1, -0.05) is 12.1 Å². The van der Waals surface area contributed by atoms with Gasteiger partial charge in [-0.3, -0.25) is 4.68 Å². The minimum atomic E-state index is 0.659. The zero-order valence-electron chi connectivity index (χ0n) is 10.7. The van der Waals surface area contributed by atoms with Crippen LogP contribution in [0.4, 0.5) is 0 Å². The Bertz CT molecular complexity index is 526. The summed E-state index contributed by atoms with van der Waals surface area (Å²) in [7, 11) is 1.97. The molecule has 0 fully saturated rings. The Morgan fingerprint density at radius 1 is 1.18 bits per heavy atom. The Balaban J connectivity index is 2.39. The van der Waals surface area contributed by atoms with Gasteiger partial charge in [0, 0.05) is 24.7 Å². The van der Waals surface area contributed by atoms with Gasteiger partial charge in [-0.05, 0) is 43.7 Å². The third-order valence-electron chi connectivity index (χ3n) is 3.18. The molecular weight excluding hydrogens is 210 g/mol. The van der Waals surface area contributed by atoms with E-state index in [1.54, 1.807) is 0 Å². The van der Waals surface area contributed by atoms with Crippen LogP contribution in [0.5, 0.6) is 0 Å². The van der Waals surface area contributed by atoms with Crippen LogP contribution in [-0.2, 0) is 13.5 Å². The summed E-state index contributed by atoms with van der Waals surface area (Å²) in [4.78, 5) is 0. The summed E-state index contributed by atoms with van der Waals surface area (Å²) in [5.41, 5.74) is 11.6. The van der Waals surface area contributed by atoms with Crippen LogP contribution in [0.25, 0.3) is 11.3 Å². The lowest BCUT2D eigenvalue weighted by atomic mass is 10.0. The standard InChI is InChI=1S/C14H19N3/c1-10-4-5-12(8-11(10)2)14-9-13(6-7-15)17(3)16-14/h4-5,8-9H,6-7,15H2,1-3H3. The Morgan fingerprint density at radius 3 is 2.59 bits per heavy atom. The van der Waals surface area contributed by atoms with Gasteiger partial charge < -0.3 is 5.73 Å². The van der Waals surface area contributed by atoms with Crippen molar-refractivity contribution in [3.8, 4) is 11.3 Å². The number of benzene rings is 1. The maximum atomic E-state index is 5.58. The molecule has 0 unspecified atom stereocenters. The Kier molecular flexibility index (Phi) is 3.29. The second-order valence-corrected chi connectivity index (χ2v) is 4.48. The molecule has 17 heavy (non-hydrogen) atoms. The number of hydrogen-bond acceptors (Lipinski definition) is 2. The van der Waals surface area contributed by atoms with Crippen LogP contribution in [0, 0.1) is 13.8 Å². The van der Waals surface area contributed by atoms with Gasteiger partial charge in [0.2, 0.25) is 0 Å². The predicted octanol–water partition coefficient (Wildman–Crippen LogP) is 2.21. The highest BCUT2D eigenvalue weighted by Gasteiger charge is 2.07. The van der Waals surface area contributed by atoms with Crippen molar-refractivity contribution in [2.45, 2.75) is 20.3 Å².